The molecule has 1 N–H and O–H groups in total. The van der Waals surface area contributed by atoms with Crippen molar-refractivity contribution in [1.82, 2.24) is 9.88 Å². The Morgan fingerprint density at radius 1 is 1.17 bits per heavy atom. The third-order valence-corrected chi connectivity index (χ3v) is 5.35. The van der Waals surface area contributed by atoms with E-state index in [9.17, 15) is 9.90 Å². The van der Waals surface area contributed by atoms with Crippen LogP contribution in [0.1, 0.15) is 35.2 Å². The number of rotatable bonds is 2. The van der Waals surface area contributed by atoms with Crippen LogP contribution >= 0.6 is 0 Å². The van der Waals surface area contributed by atoms with E-state index in [4.69, 9.17) is 0 Å². The largest absolute Gasteiger partial charge is 0.383 e. The van der Waals surface area contributed by atoms with Crippen molar-refractivity contribution in [1.29, 1.82) is 0 Å². The molecule has 1 aliphatic carbocycles. The van der Waals surface area contributed by atoms with E-state index in [2.05, 4.69) is 4.98 Å². The SMILES string of the molecule is O=C(c1cccnc1)N1CC[C@H]2CC[C@](O)(c3ccccc3)[C@H]21. The van der Waals surface area contributed by atoms with Gasteiger partial charge in [0.25, 0.3) is 5.91 Å². The second-order valence-corrected chi connectivity index (χ2v) is 6.56. The van der Waals surface area contributed by atoms with E-state index in [0.29, 0.717) is 24.4 Å². The summed E-state index contributed by atoms with van der Waals surface area (Å²) in [5.74, 6) is 0.350. The topological polar surface area (TPSA) is 53.4 Å². The fraction of sp³-hybridized carbons (Fsp3) is 0.368. The second kappa shape index (κ2) is 5.46. The molecule has 1 aromatic heterocycles. The Bertz CT molecular complexity index is 704. The molecule has 1 amide bonds. The third-order valence-electron chi connectivity index (χ3n) is 5.35. The van der Waals surface area contributed by atoms with Gasteiger partial charge in [0.15, 0.2) is 0 Å². The minimum Gasteiger partial charge on any atom is -0.383 e. The molecular formula is C19H20N2O2. The zero-order valence-electron chi connectivity index (χ0n) is 12.9. The summed E-state index contributed by atoms with van der Waals surface area (Å²) in [6.07, 6.45) is 5.91. The molecule has 0 bridgehead atoms. The molecule has 3 atom stereocenters. The van der Waals surface area contributed by atoms with Crippen molar-refractivity contribution in [3.8, 4) is 0 Å². The number of amides is 1. The lowest BCUT2D eigenvalue weighted by molar-refractivity contribution is -0.0207. The van der Waals surface area contributed by atoms with Crippen LogP contribution in [0.15, 0.2) is 54.9 Å². The number of aliphatic hydroxyl groups is 1. The maximum Gasteiger partial charge on any atom is 0.255 e. The van der Waals surface area contributed by atoms with Gasteiger partial charge in [-0.3, -0.25) is 9.78 Å². The van der Waals surface area contributed by atoms with Gasteiger partial charge in [-0.05, 0) is 42.9 Å². The highest BCUT2D eigenvalue weighted by atomic mass is 16.3. The van der Waals surface area contributed by atoms with Crippen LogP contribution in [0.5, 0.6) is 0 Å². The maximum absolute atomic E-state index is 12.9. The molecule has 1 saturated heterocycles. The van der Waals surface area contributed by atoms with Crippen LogP contribution in [0.4, 0.5) is 0 Å². The summed E-state index contributed by atoms with van der Waals surface area (Å²) in [6.45, 7) is 0.707. The van der Waals surface area contributed by atoms with Gasteiger partial charge >= 0.3 is 0 Å². The van der Waals surface area contributed by atoms with Gasteiger partial charge in [-0.15, -0.1) is 0 Å². The Morgan fingerprint density at radius 2 is 2.00 bits per heavy atom. The molecule has 2 aliphatic rings. The van der Waals surface area contributed by atoms with Gasteiger partial charge in [0.1, 0.15) is 5.60 Å². The molecular weight excluding hydrogens is 288 g/mol. The zero-order chi connectivity index (χ0) is 15.9. The summed E-state index contributed by atoms with van der Waals surface area (Å²) in [4.78, 5) is 18.8. The first-order chi connectivity index (χ1) is 11.2. The van der Waals surface area contributed by atoms with Crippen molar-refractivity contribution in [2.45, 2.75) is 30.9 Å². The van der Waals surface area contributed by atoms with Gasteiger partial charge in [0, 0.05) is 18.9 Å². The highest BCUT2D eigenvalue weighted by molar-refractivity contribution is 5.94. The number of nitrogens with zero attached hydrogens (tertiary/aromatic N) is 2. The van der Waals surface area contributed by atoms with E-state index in [1.807, 2.05) is 35.2 Å². The predicted molar refractivity (Wildman–Crippen MR) is 86.7 cm³/mol. The normalized spacial score (nSPS) is 29.5. The minimum absolute atomic E-state index is 0.0261. The molecule has 1 aromatic carbocycles. The van der Waals surface area contributed by atoms with Crippen LogP contribution in [0.25, 0.3) is 0 Å². The lowest BCUT2D eigenvalue weighted by Gasteiger charge is -2.36. The van der Waals surface area contributed by atoms with E-state index in [-0.39, 0.29) is 11.9 Å². The van der Waals surface area contributed by atoms with E-state index < -0.39 is 5.60 Å². The molecule has 2 heterocycles. The molecule has 23 heavy (non-hydrogen) atoms. The summed E-state index contributed by atoms with van der Waals surface area (Å²) in [6, 6.07) is 13.2. The number of carbonyl (C=O) groups is 1. The summed E-state index contributed by atoms with van der Waals surface area (Å²) >= 11 is 0. The van der Waals surface area contributed by atoms with Crippen molar-refractivity contribution in [3.63, 3.8) is 0 Å². The molecule has 0 radical (unpaired) electrons. The summed E-state index contributed by atoms with van der Waals surface area (Å²) in [5, 5.41) is 11.4. The molecule has 0 unspecified atom stereocenters. The quantitative estimate of drug-likeness (QED) is 0.928. The third kappa shape index (κ3) is 2.25. The molecule has 4 nitrogen and oxygen atoms in total. The van der Waals surface area contributed by atoms with Crippen LogP contribution < -0.4 is 0 Å². The van der Waals surface area contributed by atoms with Gasteiger partial charge in [-0.2, -0.15) is 0 Å². The van der Waals surface area contributed by atoms with Gasteiger partial charge in [-0.1, -0.05) is 30.3 Å². The average Bonchev–Trinajstić information content (AvgIpc) is 3.18. The van der Waals surface area contributed by atoms with Gasteiger partial charge in [0.2, 0.25) is 0 Å². The van der Waals surface area contributed by atoms with Crippen molar-refractivity contribution in [2.24, 2.45) is 5.92 Å². The fourth-order valence-corrected chi connectivity index (χ4v) is 4.28. The Balaban J connectivity index is 1.69. The number of likely N-dealkylation sites (tertiary alicyclic amines) is 1. The van der Waals surface area contributed by atoms with Gasteiger partial charge in [0.05, 0.1) is 11.6 Å². The van der Waals surface area contributed by atoms with E-state index >= 15 is 0 Å². The van der Waals surface area contributed by atoms with Crippen molar-refractivity contribution >= 4 is 5.91 Å². The first-order valence-corrected chi connectivity index (χ1v) is 8.19. The predicted octanol–water partition coefficient (Wildman–Crippen LogP) is 2.59. The molecule has 118 valence electrons. The molecule has 4 rings (SSSR count). The Kier molecular flexibility index (Phi) is 3.42. The van der Waals surface area contributed by atoms with E-state index in [0.717, 1.165) is 18.4 Å². The molecule has 4 heteroatoms. The number of hydrogen-bond acceptors (Lipinski definition) is 3. The summed E-state index contributed by atoms with van der Waals surface area (Å²) in [5.41, 5.74) is 0.564. The smallest absolute Gasteiger partial charge is 0.255 e. The van der Waals surface area contributed by atoms with Crippen LogP contribution in [-0.4, -0.2) is 33.5 Å². The van der Waals surface area contributed by atoms with Crippen LogP contribution in [0.2, 0.25) is 0 Å². The van der Waals surface area contributed by atoms with Gasteiger partial charge in [-0.25, -0.2) is 0 Å². The van der Waals surface area contributed by atoms with Crippen LogP contribution in [-0.2, 0) is 5.60 Å². The van der Waals surface area contributed by atoms with Crippen molar-refractivity contribution in [2.75, 3.05) is 6.54 Å². The highest BCUT2D eigenvalue weighted by Crippen LogP contribution is 2.49. The first kappa shape index (κ1) is 14.4. The monoisotopic (exact) mass is 308 g/mol. The van der Waals surface area contributed by atoms with Crippen molar-refractivity contribution in [3.05, 3.63) is 66.0 Å². The minimum atomic E-state index is -0.944. The summed E-state index contributed by atoms with van der Waals surface area (Å²) in [7, 11) is 0. The molecule has 1 saturated carbocycles. The number of hydrogen-bond donors (Lipinski definition) is 1. The number of carbonyl (C=O) groups excluding carboxylic acids is 1. The number of fused-ring (bicyclic) bond motifs is 1. The lowest BCUT2D eigenvalue weighted by Crippen LogP contribution is -2.48. The van der Waals surface area contributed by atoms with Crippen LogP contribution in [0.3, 0.4) is 0 Å². The standard InChI is InChI=1S/C19H20N2O2/c22-18(15-5-4-11-20-13-15)21-12-9-14-8-10-19(23,17(14)21)16-6-2-1-3-7-16/h1-7,11,13-14,17,23H,8-10,12H2/t14-,17+,19+/m1/s1. The number of benzene rings is 1. The highest BCUT2D eigenvalue weighted by Gasteiger charge is 2.55. The first-order valence-electron chi connectivity index (χ1n) is 8.19. The lowest BCUT2D eigenvalue weighted by atomic mass is 9.86. The molecule has 1 aliphatic heterocycles. The summed E-state index contributed by atoms with van der Waals surface area (Å²) < 4.78 is 0. The van der Waals surface area contributed by atoms with Gasteiger partial charge < -0.3 is 10.0 Å². The molecule has 0 spiro atoms. The second-order valence-electron chi connectivity index (χ2n) is 6.56. The van der Waals surface area contributed by atoms with E-state index in [1.54, 1.807) is 24.5 Å². The Morgan fingerprint density at radius 3 is 2.74 bits per heavy atom. The Labute approximate surface area is 135 Å². The maximum atomic E-state index is 12.9. The fourth-order valence-electron chi connectivity index (χ4n) is 4.28. The Hall–Kier alpha value is -2.20. The molecule has 2 aromatic rings. The van der Waals surface area contributed by atoms with Crippen LogP contribution in [0, 0.1) is 5.92 Å². The number of pyridine rings is 1. The average molecular weight is 308 g/mol. The number of aromatic nitrogens is 1. The molecule has 2 fully saturated rings. The zero-order valence-corrected chi connectivity index (χ0v) is 12.9. The van der Waals surface area contributed by atoms with Crippen molar-refractivity contribution < 1.29 is 9.90 Å². The van der Waals surface area contributed by atoms with E-state index in [1.165, 1.54) is 0 Å².